The molecule has 0 radical (unpaired) electrons. The summed E-state index contributed by atoms with van der Waals surface area (Å²) < 4.78 is 10.9. The Morgan fingerprint density at radius 3 is 2.78 bits per heavy atom. The van der Waals surface area contributed by atoms with Crippen molar-refractivity contribution in [3.8, 4) is 11.5 Å². The molecule has 2 rings (SSSR count). The molecular formula is C13H15NO4. The van der Waals surface area contributed by atoms with Crippen molar-refractivity contribution in [3.05, 3.63) is 29.8 Å². The molecule has 0 N–H and O–H groups in total. The Bertz CT molecular complexity index is 470. The molecule has 0 spiro atoms. The van der Waals surface area contributed by atoms with E-state index in [2.05, 4.69) is 0 Å². The fraction of sp³-hybridized carbons (Fsp3) is 0.308. The monoisotopic (exact) mass is 249 g/mol. The summed E-state index contributed by atoms with van der Waals surface area (Å²) in [5.41, 5.74) is 0.872. The van der Waals surface area contributed by atoms with Crippen molar-refractivity contribution >= 4 is 12.0 Å². The highest BCUT2D eigenvalue weighted by Crippen LogP contribution is 2.31. The molecule has 0 atom stereocenters. The van der Waals surface area contributed by atoms with E-state index in [1.54, 1.807) is 13.1 Å². The molecule has 0 aromatic heterocycles. The summed E-state index contributed by atoms with van der Waals surface area (Å²) in [6, 6.07) is 5.54. The molecule has 18 heavy (non-hydrogen) atoms. The highest BCUT2D eigenvalue weighted by molar-refractivity contribution is 5.90. The summed E-state index contributed by atoms with van der Waals surface area (Å²) in [6.45, 7) is 1.12. The Balaban J connectivity index is 2.10. The molecule has 1 heterocycles. The average Bonchev–Trinajstić information content (AvgIpc) is 2.43. The number of amides is 1. The van der Waals surface area contributed by atoms with Crippen LogP contribution in [0.2, 0.25) is 0 Å². The van der Waals surface area contributed by atoms with Crippen molar-refractivity contribution in [3.63, 3.8) is 0 Å². The van der Waals surface area contributed by atoms with Crippen molar-refractivity contribution in [2.45, 2.75) is 0 Å². The normalized spacial score (nSPS) is 13.7. The van der Waals surface area contributed by atoms with Crippen LogP contribution in [0.4, 0.5) is 0 Å². The topological polar surface area (TPSA) is 48.0 Å². The number of carbonyl (C=O) groups is 1. The van der Waals surface area contributed by atoms with Crippen LogP contribution in [0, 0.1) is 0 Å². The molecule has 0 fully saturated rings. The number of benzene rings is 1. The minimum absolute atomic E-state index is 0.229. The number of nitrogens with zero attached hydrogens (tertiary/aromatic N) is 1. The van der Waals surface area contributed by atoms with Crippen molar-refractivity contribution in [2.75, 3.05) is 27.4 Å². The van der Waals surface area contributed by atoms with Crippen molar-refractivity contribution < 1.29 is 19.1 Å². The number of ether oxygens (including phenoxy) is 2. The van der Waals surface area contributed by atoms with Crippen LogP contribution in [0.15, 0.2) is 24.3 Å². The third-order valence-corrected chi connectivity index (χ3v) is 2.57. The second-order valence-corrected chi connectivity index (χ2v) is 3.75. The molecule has 1 aromatic rings. The summed E-state index contributed by atoms with van der Waals surface area (Å²) >= 11 is 0. The van der Waals surface area contributed by atoms with Crippen LogP contribution in [0.3, 0.4) is 0 Å². The Kier molecular flexibility index (Phi) is 3.84. The van der Waals surface area contributed by atoms with E-state index in [-0.39, 0.29) is 5.91 Å². The maximum absolute atomic E-state index is 11.5. The van der Waals surface area contributed by atoms with Gasteiger partial charge in [0.2, 0.25) is 0 Å². The molecular weight excluding hydrogens is 234 g/mol. The molecule has 0 saturated heterocycles. The highest BCUT2D eigenvalue weighted by atomic mass is 16.7. The van der Waals surface area contributed by atoms with Crippen LogP contribution >= 0.6 is 0 Å². The van der Waals surface area contributed by atoms with Gasteiger partial charge in [0.05, 0.1) is 7.11 Å². The minimum atomic E-state index is -0.229. The van der Waals surface area contributed by atoms with Crippen LogP contribution in [-0.4, -0.2) is 38.3 Å². The van der Waals surface area contributed by atoms with Crippen LogP contribution in [0.5, 0.6) is 11.5 Å². The van der Waals surface area contributed by atoms with Crippen molar-refractivity contribution in [2.24, 2.45) is 0 Å². The molecule has 5 nitrogen and oxygen atoms in total. The van der Waals surface area contributed by atoms with E-state index in [1.807, 2.05) is 18.2 Å². The number of hydrogen-bond donors (Lipinski definition) is 0. The second kappa shape index (κ2) is 5.55. The highest BCUT2D eigenvalue weighted by Gasteiger charge is 2.11. The van der Waals surface area contributed by atoms with Gasteiger partial charge in [-0.2, -0.15) is 0 Å². The fourth-order valence-electron chi connectivity index (χ4n) is 1.53. The van der Waals surface area contributed by atoms with E-state index in [0.717, 1.165) is 16.4 Å². The third-order valence-electron chi connectivity index (χ3n) is 2.57. The smallest absolute Gasteiger partial charge is 0.269 e. The standard InChI is InChI=1S/C13H15NO4/c1-14(16-2)13(15)6-4-10-3-5-11-12(9-10)18-8-7-17-11/h3-6,9H,7-8H2,1-2H3/b6-4+. The zero-order chi connectivity index (χ0) is 13.0. The zero-order valence-electron chi connectivity index (χ0n) is 10.4. The van der Waals surface area contributed by atoms with Gasteiger partial charge in [-0.15, -0.1) is 0 Å². The van der Waals surface area contributed by atoms with Gasteiger partial charge >= 0.3 is 0 Å². The first-order valence-electron chi connectivity index (χ1n) is 5.60. The Labute approximate surface area is 106 Å². The first kappa shape index (κ1) is 12.4. The molecule has 1 aliphatic rings. The predicted octanol–water partition coefficient (Wildman–Crippen LogP) is 1.49. The van der Waals surface area contributed by atoms with Gasteiger partial charge in [-0.25, -0.2) is 5.06 Å². The fourth-order valence-corrected chi connectivity index (χ4v) is 1.53. The van der Waals surface area contributed by atoms with Gasteiger partial charge in [0, 0.05) is 13.1 Å². The van der Waals surface area contributed by atoms with E-state index in [0.29, 0.717) is 19.0 Å². The number of carbonyl (C=O) groups excluding carboxylic acids is 1. The SMILES string of the molecule is CON(C)C(=O)/C=C/c1ccc2c(c1)OCCO2. The van der Waals surface area contributed by atoms with E-state index < -0.39 is 0 Å². The van der Waals surface area contributed by atoms with Gasteiger partial charge in [-0.05, 0) is 23.8 Å². The molecule has 0 saturated carbocycles. The van der Waals surface area contributed by atoms with Gasteiger partial charge in [0.25, 0.3) is 5.91 Å². The van der Waals surface area contributed by atoms with Crippen LogP contribution in [0.1, 0.15) is 5.56 Å². The number of likely N-dealkylation sites (N-methyl/N-ethyl adjacent to an activating group) is 1. The molecule has 1 aliphatic heterocycles. The zero-order valence-corrected chi connectivity index (χ0v) is 10.4. The minimum Gasteiger partial charge on any atom is -0.486 e. The molecule has 1 amide bonds. The molecule has 96 valence electrons. The van der Waals surface area contributed by atoms with Crippen molar-refractivity contribution in [1.82, 2.24) is 5.06 Å². The van der Waals surface area contributed by atoms with Crippen molar-refractivity contribution in [1.29, 1.82) is 0 Å². The van der Waals surface area contributed by atoms with Gasteiger partial charge in [-0.1, -0.05) is 6.07 Å². The lowest BCUT2D eigenvalue weighted by Crippen LogP contribution is -2.22. The Morgan fingerprint density at radius 1 is 1.33 bits per heavy atom. The average molecular weight is 249 g/mol. The van der Waals surface area contributed by atoms with Crippen LogP contribution < -0.4 is 9.47 Å². The van der Waals surface area contributed by atoms with E-state index >= 15 is 0 Å². The van der Waals surface area contributed by atoms with Crippen LogP contribution in [-0.2, 0) is 9.63 Å². The predicted molar refractivity (Wildman–Crippen MR) is 66.2 cm³/mol. The summed E-state index contributed by atoms with van der Waals surface area (Å²) in [6.07, 6.45) is 3.14. The largest absolute Gasteiger partial charge is 0.486 e. The second-order valence-electron chi connectivity index (χ2n) is 3.75. The Morgan fingerprint density at radius 2 is 2.06 bits per heavy atom. The lowest BCUT2D eigenvalue weighted by Gasteiger charge is -2.18. The Hall–Kier alpha value is -2.01. The maximum Gasteiger partial charge on any atom is 0.269 e. The van der Waals surface area contributed by atoms with E-state index in [1.165, 1.54) is 13.2 Å². The number of hydrogen-bond acceptors (Lipinski definition) is 4. The summed E-state index contributed by atoms with van der Waals surface area (Å²) in [5, 5.41) is 1.15. The number of fused-ring (bicyclic) bond motifs is 1. The van der Waals surface area contributed by atoms with Gasteiger partial charge in [0.15, 0.2) is 11.5 Å². The van der Waals surface area contributed by atoms with Gasteiger partial charge in [-0.3, -0.25) is 9.63 Å². The molecule has 0 bridgehead atoms. The lowest BCUT2D eigenvalue weighted by atomic mass is 10.2. The third kappa shape index (κ3) is 2.81. The van der Waals surface area contributed by atoms with Gasteiger partial charge < -0.3 is 9.47 Å². The summed E-state index contributed by atoms with van der Waals surface area (Å²) in [4.78, 5) is 16.3. The van der Waals surface area contributed by atoms with E-state index in [4.69, 9.17) is 14.3 Å². The first-order chi connectivity index (χ1) is 8.70. The quantitative estimate of drug-likeness (QED) is 0.601. The van der Waals surface area contributed by atoms with E-state index in [9.17, 15) is 4.79 Å². The summed E-state index contributed by atoms with van der Waals surface area (Å²) in [7, 11) is 2.99. The number of hydroxylamine groups is 2. The summed E-state index contributed by atoms with van der Waals surface area (Å²) in [5.74, 6) is 1.21. The molecule has 5 heteroatoms. The lowest BCUT2D eigenvalue weighted by molar-refractivity contribution is -0.162. The first-order valence-corrected chi connectivity index (χ1v) is 5.60. The van der Waals surface area contributed by atoms with Gasteiger partial charge in [0.1, 0.15) is 13.2 Å². The molecule has 0 unspecified atom stereocenters. The maximum atomic E-state index is 11.5. The molecule has 0 aliphatic carbocycles. The number of rotatable bonds is 3. The molecule has 1 aromatic carbocycles. The van der Waals surface area contributed by atoms with Crippen LogP contribution in [0.25, 0.3) is 6.08 Å².